The zero-order valence-corrected chi connectivity index (χ0v) is 16.6. The van der Waals surface area contributed by atoms with Gasteiger partial charge in [-0.3, -0.25) is 0 Å². The van der Waals surface area contributed by atoms with E-state index in [0.29, 0.717) is 21.5 Å². The van der Waals surface area contributed by atoms with Crippen LogP contribution in [0.1, 0.15) is 0 Å². The maximum Gasteiger partial charge on any atom is 0.504 e. The Hall–Kier alpha value is -3.32. The minimum atomic E-state index is -4.64. The van der Waals surface area contributed by atoms with Crippen LogP contribution < -0.4 is 0 Å². The monoisotopic (exact) mass is 422 g/mol. The first-order valence-electron chi connectivity index (χ1n) is 8.55. The highest BCUT2D eigenvalue weighted by molar-refractivity contribution is 8.31. The van der Waals surface area contributed by atoms with Gasteiger partial charge in [-0.2, -0.15) is 0 Å². The van der Waals surface area contributed by atoms with Gasteiger partial charge in [0.05, 0.1) is 9.79 Å². The van der Waals surface area contributed by atoms with Gasteiger partial charge < -0.3 is 5.53 Å². The molecule has 29 heavy (non-hydrogen) atoms. The van der Waals surface area contributed by atoms with Crippen LogP contribution in [0.5, 0.6) is 0 Å². The average molecular weight is 422 g/mol. The van der Waals surface area contributed by atoms with Gasteiger partial charge in [-0.1, -0.05) is 72.8 Å². The van der Waals surface area contributed by atoms with Crippen molar-refractivity contribution < 1.29 is 21.6 Å². The fourth-order valence-electron chi connectivity index (χ4n) is 3.30. The highest BCUT2D eigenvalue weighted by Gasteiger charge is 2.45. The molecular formula is C21H14N2O4S2. The van der Waals surface area contributed by atoms with E-state index in [0.717, 1.165) is 0 Å². The smallest absolute Gasteiger partial charge is 0.359 e. The molecule has 6 nitrogen and oxygen atoms in total. The van der Waals surface area contributed by atoms with Crippen LogP contribution in [0.2, 0.25) is 0 Å². The molecule has 0 unspecified atom stereocenters. The van der Waals surface area contributed by atoms with Crippen molar-refractivity contribution in [2.45, 2.75) is 9.79 Å². The molecule has 0 radical (unpaired) electrons. The van der Waals surface area contributed by atoms with Crippen LogP contribution in [0.15, 0.2) is 94.7 Å². The summed E-state index contributed by atoms with van der Waals surface area (Å²) in [6.07, 6.45) is 0. The SMILES string of the molecule is [N-]=[N+]=C(S(=O)(=O)c1cccc2ccccc12)S(=O)(=O)c1cccc2ccccc12. The van der Waals surface area contributed by atoms with E-state index in [1.165, 1.54) is 24.3 Å². The van der Waals surface area contributed by atoms with E-state index in [2.05, 4.69) is 4.79 Å². The van der Waals surface area contributed by atoms with E-state index in [4.69, 9.17) is 0 Å². The summed E-state index contributed by atoms with van der Waals surface area (Å²) in [4.78, 5) is 2.25. The highest BCUT2D eigenvalue weighted by atomic mass is 32.3. The maximum absolute atomic E-state index is 13.3. The first kappa shape index (κ1) is 19.0. The van der Waals surface area contributed by atoms with Gasteiger partial charge in [0.25, 0.3) is 19.7 Å². The van der Waals surface area contributed by atoms with Crippen molar-refractivity contribution in [3.8, 4) is 0 Å². The molecule has 0 atom stereocenters. The summed E-state index contributed by atoms with van der Waals surface area (Å²) in [6, 6.07) is 22.4. The molecule has 0 saturated carbocycles. The van der Waals surface area contributed by atoms with Gasteiger partial charge >= 0.3 is 4.38 Å². The van der Waals surface area contributed by atoms with Gasteiger partial charge in [0.2, 0.25) is 0 Å². The van der Waals surface area contributed by atoms with Crippen LogP contribution >= 0.6 is 0 Å². The Kier molecular flexibility index (Phi) is 4.55. The van der Waals surface area contributed by atoms with Gasteiger partial charge in [0, 0.05) is 10.8 Å². The van der Waals surface area contributed by atoms with Crippen LogP contribution in [0.4, 0.5) is 0 Å². The van der Waals surface area contributed by atoms with E-state index in [9.17, 15) is 22.4 Å². The van der Waals surface area contributed by atoms with Crippen molar-refractivity contribution in [3.05, 3.63) is 90.5 Å². The lowest BCUT2D eigenvalue weighted by Gasteiger charge is -2.08. The number of sulfone groups is 2. The second-order valence-electron chi connectivity index (χ2n) is 6.33. The molecule has 0 saturated heterocycles. The fraction of sp³-hybridized carbons (Fsp3) is 0. The molecule has 0 heterocycles. The number of rotatable bonds is 2. The lowest BCUT2D eigenvalue weighted by Crippen LogP contribution is -2.26. The van der Waals surface area contributed by atoms with Gasteiger partial charge in [0.15, 0.2) is 0 Å². The summed E-state index contributed by atoms with van der Waals surface area (Å²) >= 11 is 0. The number of benzene rings is 4. The highest BCUT2D eigenvalue weighted by Crippen LogP contribution is 2.29. The maximum atomic E-state index is 13.3. The molecule has 0 aliphatic heterocycles. The Morgan fingerprint density at radius 2 is 0.966 bits per heavy atom. The molecule has 4 aromatic rings. The molecule has 0 bridgehead atoms. The summed E-state index contributed by atoms with van der Waals surface area (Å²) in [5.41, 5.74) is 9.49. The lowest BCUT2D eigenvalue weighted by atomic mass is 10.1. The quantitative estimate of drug-likeness (QED) is 0.212. The zero-order valence-electron chi connectivity index (χ0n) is 14.9. The molecule has 4 aromatic carbocycles. The lowest BCUT2D eigenvalue weighted by molar-refractivity contribution is 0.00381. The second-order valence-corrected chi connectivity index (χ2v) is 10.3. The third-order valence-electron chi connectivity index (χ3n) is 4.62. The molecule has 0 spiro atoms. The molecule has 8 heteroatoms. The zero-order chi connectivity index (χ0) is 20.6. The van der Waals surface area contributed by atoms with Crippen LogP contribution in [-0.4, -0.2) is 26.0 Å². The van der Waals surface area contributed by atoms with Gasteiger partial charge in [0.1, 0.15) is 0 Å². The van der Waals surface area contributed by atoms with Crippen LogP contribution in [0.3, 0.4) is 0 Å². The topological polar surface area (TPSA) is 105 Å². The Morgan fingerprint density at radius 3 is 1.38 bits per heavy atom. The predicted octanol–water partition coefficient (Wildman–Crippen LogP) is 3.83. The van der Waals surface area contributed by atoms with Crippen molar-refractivity contribution in [1.29, 1.82) is 0 Å². The largest absolute Gasteiger partial charge is 0.504 e. The van der Waals surface area contributed by atoms with Crippen molar-refractivity contribution in [2.24, 2.45) is 0 Å². The van der Waals surface area contributed by atoms with Crippen LogP contribution in [0.25, 0.3) is 27.1 Å². The second kappa shape index (κ2) is 6.93. The van der Waals surface area contributed by atoms with Gasteiger partial charge in [-0.15, -0.1) is 4.79 Å². The Morgan fingerprint density at radius 1 is 0.586 bits per heavy atom. The minimum absolute atomic E-state index is 0.243. The Bertz CT molecular complexity index is 1410. The van der Waals surface area contributed by atoms with Crippen molar-refractivity contribution in [1.82, 2.24) is 0 Å². The average Bonchev–Trinajstić information content (AvgIpc) is 2.73. The predicted molar refractivity (Wildman–Crippen MR) is 111 cm³/mol. The van der Waals surface area contributed by atoms with E-state index >= 15 is 0 Å². The molecule has 0 fully saturated rings. The summed E-state index contributed by atoms with van der Waals surface area (Å²) < 4.78 is 51.7. The van der Waals surface area contributed by atoms with E-state index < -0.39 is 24.1 Å². The van der Waals surface area contributed by atoms with E-state index in [1.54, 1.807) is 60.7 Å². The van der Waals surface area contributed by atoms with Gasteiger partial charge in [-0.25, -0.2) is 16.8 Å². The van der Waals surface area contributed by atoms with Crippen molar-refractivity contribution >= 4 is 45.6 Å². The molecule has 4 rings (SSSR count). The molecule has 0 aromatic heterocycles. The summed E-state index contributed by atoms with van der Waals surface area (Å²) in [6.45, 7) is 0. The number of hydrogen-bond donors (Lipinski definition) is 0. The molecular weight excluding hydrogens is 408 g/mol. The summed E-state index contributed by atoms with van der Waals surface area (Å²) in [5.74, 6) is 0. The van der Waals surface area contributed by atoms with Crippen molar-refractivity contribution in [2.75, 3.05) is 0 Å². The minimum Gasteiger partial charge on any atom is -0.359 e. The molecule has 0 aliphatic carbocycles. The Labute approximate surface area is 167 Å². The molecule has 0 N–H and O–H groups in total. The number of fused-ring (bicyclic) bond motifs is 2. The third kappa shape index (κ3) is 3.03. The van der Waals surface area contributed by atoms with Crippen molar-refractivity contribution in [3.63, 3.8) is 0 Å². The summed E-state index contributed by atoms with van der Waals surface area (Å²) in [7, 11) is -9.28. The molecule has 144 valence electrons. The molecule has 0 aliphatic rings. The van der Waals surface area contributed by atoms with Gasteiger partial charge in [-0.05, 0) is 22.9 Å². The summed E-state index contributed by atoms with van der Waals surface area (Å²) in [5, 5.41) is 1.91. The third-order valence-corrected chi connectivity index (χ3v) is 8.89. The van der Waals surface area contributed by atoms with E-state index in [1.807, 2.05) is 0 Å². The first-order valence-corrected chi connectivity index (χ1v) is 11.5. The Balaban J connectivity index is 1.99. The fourth-order valence-corrected chi connectivity index (χ4v) is 7.05. The van der Waals surface area contributed by atoms with Crippen LogP contribution in [-0.2, 0) is 19.7 Å². The molecule has 0 amide bonds. The van der Waals surface area contributed by atoms with E-state index in [-0.39, 0.29) is 9.79 Å². The first-order chi connectivity index (χ1) is 13.9. The van der Waals surface area contributed by atoms with Crippen LogP contribution in [0, 0.1) is 0 Å². The standard InChI is InChI=1S/C21H14N2O4S2/c22-23-21(28(24,25)19-13-5-9-15-7-1-3-11-17(15)19)29(26,27)20-14-6-10-16-8-2-4-12-18(16)20/h1-14H. The normalized spacial score (nSPS) is 12.0. The number of hydrogen-bond acceptors (Lipinski definition) is 4. The number of nitrogens with zero attached hydrogens (tertiary/aromatic N) is 2.